The monoisotopic (exact) mass is 364 g/mol. The van der Waals surface area contributed by atoms with E-state index in [1.54, 1.807) is 0 Å². The lowest BCUT2D eigenvalue weighted by atomic mass is 10.5. The van der Waals surface area contributed by atoms with E-state index in [9.17, 15) is 18.3 Å². The van der Waals surface area contributed by atoms with Crippen molar-refractivity contribution in [3.05, 3.63) is 0 Å². The molecule has 0 fully saturated rings. The summed E-state index contributed by atoms with van der Waals surface area (Å²) in [5.41, 5.74) is -2.98. The first-order valence-corrected chi connectivity index (χ1v) is 10.6. The maximum absolute atomic E-state index is 11.2. The second-order valence-corrected chi connectivity index (χ2v) is 12.0. The maximum atomic E-state index is 11.2. The van der Waals surface area contributed by atoms with Gasteiger partial charge in [0, 0.05) is 0 Å². The third-order valence-corrected chi connectivity index (χ3v) is 12.8. The van der Waals surface area contributed by atoms with Crippen LogP contribution in [0.4, 0.5) is 0 Å². The molecule has 0 aliphatic carbocycles. The molecule has 0 aromatic rings. The van der Waals surface area contributed by atoms with Crippen LogP contribution in [-0.2, 0) is 18.3 Å². The van der Waals surface area contributed by atoms with Gasteiger partial charge >= 0.3 is 30.4 Å². The molecule has 12 nitrogen and oxygen atoms in total. The van der Waals surface area contributed by atoms with Crippen LogP contribution in [0.15, 0.2) is 0 Å². The van der Waals surface area contributed by atoms with E-state index in [2.05, 4.69) is 0 Å². The molecule has 0 aromatic carbocycles. The molecule has 0 aliphatic rings. The van der Waals surface area contributed by atoms with E-state index in [1.165, 1.54) is 0 Å². The molecule has 116 valence electrons. The van der Waals surface area contributed by atoms with Crippen LogP contribution < -0.4 is 0 Å². The summed E-state index contributed by atoms with van der Waals surface area (Å²) in [6.07, 6.45) is 0. The van der Waals surface area contributed by atoms with Gasteiger partial charge in [-0.05, 0) is 6.92 Å². The van der Waals surface area contributed by atoms with Gasteiger partial charge in [0.05, 0.1) is 5.66 Å². The van der Waals surface area contributed by atoms with Crippen molar-refractivity contribution in [2.75, 3.05) is 0 Å². The molecule has 0 saturated carbocycles. The molecule has 19 heavy (non-hydrogen) atoms. The zero-order valence-electron chi connectivity index (χ0n) is 9.08. The van der Waals surface area contributed by atoms with Gasteiger partial charge in [-0.3, -0.25) is 18.3 Å². The molecule has 1 atom stereocenters. The Bertz CT molecular complexity index is 470. The Balaban J connectivity index is 6.83. The fourth-order valence-electron chi connectivity index (χ4n) is 1.46. The summed E-state index contributed by atoms with van der Waals surface area (Å²) in [6.45, 7) is 0.234. The highest BCUT2D eigenvalue weighted by Gasteiger charge is 2.77. The Morgan fingerprint density at radius 2 is 0.895 bits per heavy atom. The van der Waals surface area contributed by atoms with Crippen molar-refractivity contribution in [3.8, 4) is 0 Å². The Morgan fingerprint density at radius 3 is 0.947 bits per heavy atom. The molecule has 0 bridgehead atoms. The van der Waals surface area contributed by atoms with Gasteiger partial charge in [-0.1, -0.05) is 0 Å². The summed E-state index contributed by atoms with van der Waals surface area (Å²) >= 11 is 0. The van der Waals surface area contributed by atoms with Crippen molar-refractivity contribution in [3.63, 3.8) is 0 Å². The number of rotatable bonds is 5. The largest absolute Gasteiger partial charge is 0.357 e. The average molecular weight is 364 g/mol. The van der Waals surface area contributed by atoms with E-state index >= 15 is 0 Å². The predicted molar refractivity (Wildman–Crippen MR) is 60.4 cm³/mol. The first-order chi connectivity index (χ1) is 7.90. The van der Waals surface area contributed by atoms with Crippen molar-refractivity contribution >= 4 is 30.4 Å². The van der Waals surface area contributed by atoms with Gasteiger partial charge in [-0.2, -0.15) is 0 Å². The summed E-state index contributed by atoms with van der Waals surface area (Å²) in [5.74, 6) is 0. The van der Waals surface area contributed by atoms with Gasteiger partial charge in [-0.15, -0.1) is 0 Å². The fraction of sp³-hybridized carbons (Fsp3) is 1.00. The van der Waals surface area contributed by atoms with Crippen LogP contribution in [0.3, 0.4) is 0 Å². The van der Waals surface area contributed by atoms with Crippen molar-refractivity contribution in [2.24, 2.45) is 0 Å². The molecule has 0 heterocycles. The van der Waals surface area contributed by atoms with Crippen LogP contribution in [-0.4, -0.2) is 49.4 Å². The Labute approximate surface area is 106 Å². The first-order valence-electron chi connectivity index (χ1n) is 4.13. The Hall–Kier alpha value is 0.600. The molecule has 1 unspecified atom stereocenters. The van der Waals surface area contributed by atoms with E-state index in [1.807, 2.05) is 0 Å². The Morgan fingerprint density at radius 1 is 0.684 bits per heavy atom. The second-order valence-electron chi connectivity index (χ2n) is 3.58. The average Bonchev–Trinajstić information content (AvgIpc) is 1.92. The molecule has 0 aliphatic heterocycles. The number of hydrogen-bond donors (Lipinski definition) is 8. The third kappa shape index (κ3) is 3.27. The highest BCUT2D eigenvalue weighted by atomic mass is 31.3. The van der Waals surface area contributed by atoms with Gasteiger partial charge < -0.3 is 39.1 Å². The predicted octanol–water partition coefficient (Wildman–Crippen LogP) is -1.26. The van der Waals surface area contributed by atoms with Crippen LogP contribution >= 0.6 is 30.4 Å². The molecule has 0 aromatic heterocycles. The van der Waals surface area contributed by atoms with Crippen LogP contribution in [0.1, 0.15) is 6.92 Å². The molecular formula is C3H12O12P4. The third-order valence-electron chi connectivity index (χ3n) is 2.35. The molecule has 0 amide bonds. The van der Waals surface area contributed by atoms with Crippen LogP contribution in [0.2, 0.25) is 0 Å². The molecule has 8 N–H and O–H groups in total. The maximum Gasteiger partial charge on any atom is 0.357 e. The molecule has 16 heteroatoms. The van der Waals surface area contributed by atoms with Crippen molar-refractivity contribution in [2.45, 2.75) is 17.2 Å². The lowest BCUT2D eigenvalue weighted by molar-refractivity contribution is 0.284. The molecule has 0 saturated heterocycles. The SMILES string of the molecule is CC(C(P(=O)(O)O)(P(=O)(O)O)P(=O)(O)O)P(=O)(O)O. The minimum absolute atomic E-state index is 0.234. The van der Waals surface area contributed by atoms with Crippen molar-refractivity contribution < 1.29 is 57.4 Å². The smallest absolute Gasteiger partial charge is 0.324 e. The van der Waals surface area contributed by atoms with Gasteiger partial charge in [0.2, 0.25) is 0 Å². The van der Waals surface area contributed by atoms with Crippen LogP contribution in [0, 0.1) is 0 Å². The highest BCUT2D eigenvalue weighted by molar-refractivity contribution is 7.89. The summed E-state index contributed by atoms with van der Waals surface area (Å²) in [7, 11) is -24.6. The minimum atomic E-state index is -6.32. The van der Waals surface area contributed by atoms with E-state index in [0.29, 0.717) is 0 Å². The van der Waals surface area contributed by atoms with E-state index < -0.39 is 40.7 Å². The second kappa shape index (κ2) is 5.10. The lowest BCUT2D eigenvalue weighted by Crippen LogP contribution is -2.40. The van der Waals surface area contributed by atoms with Crippen LogP contribution in [0.5, 0.6) is 0 Å². The quantitative estimate of drug-likeness (QED) is 0.267. The Kier molecular flexibility index (Phi) is 5.26. The van der Waals surface area contributed by atoms with Gasteiger partial charge in [0.1, 0.15) is 0 Å². The summed E-state index contributed by atoms with van der Waals surface area (Å²) in [5, 5.41) is 0. The zero-order valence-corrected chi connectivity index (χ0v) is 12.7. The molecule has 0 radical (unpaired) electrons. The topological polar surface area (TPSA) is 230 Å². The van der Waals surface area contributed by atoms with E-state index in [0.717, 1.165) is 0 Å². The summed E-state index contributed by atoms with van der Waals surface area (Å²) in [6, 6.07) is 0. The minimum Gasteiger partial charge on any atom is -0.324 e. The standard InChI is InChI=1S/C3H12O12P4/c1-2(16(4,5)6)3(17(7,8)9,18(10,11)12)19(13,14)15/h2H,1H3,(H2,4,5,6)(H2,7,8,9)(H2,10,11,12)(H2,13,14,15). The lowest BCUT2D eigenvalue weighted by Gasteiger charge is -2.38. The fourth-order valence-corrected chi connectivity index (χ4v) is 10.2. The first kappa shape index (κ1) is 19.6. The molecular weight excluding hydrogens is 352 g/mol. The summed E-state index contributed by atoms with van der Waals surface area (Å²) < 4.78 is 40.1. The summed E-state index contributed by atoms with van der Waals surface area (Å²) in [4.78, 5) is 71.1. The van der Waals surface area contributed by atoms with Gasteiger partial charge in [-0.25, -0.2) is 0 Å². The highest BCUT2D eigenvalue weighted by Crippen LogP contribution is 2.86. The normalized spacial score (nSPS) is 17.3. The van der Waals surface area contributed by atoms with E-state index in [-0.39, 0.29) is 6.92 Å². The molecule has 0 spiro atoms. The van der Waals surface area contributed by atoms with Gasteiger partial charge in [0.25, 0.3) is 4.64 Å². The van der Waals surface area contributed by atoms with Crippen LogP contribution in [0.25, 0.3) is 0 Å². The van der Waals surface area contributed by atoms with Crippen molar-refractivity contribution in [1.82, 2.24) is 0 Å². The van der Waals surface area contributed by atoms with Gasteiger partial charge in [0.15, 0.2) is 0 Å². The zero-order chi connectivity index (χ0) is 16.1. The van der Waals surface area contributed by atoms with E-state index in [4.69, 9.17) is 39.1 Å². The molecule has 0 rings (SSSR count). The van der Waals surface area contributed by atoms with Crippen molar-refractivity contribution in [1.29, 1.82) is 0 Å². The number of hydrogen-bond acceptors (Lipinski definition) is 4.